The Balaban J connectivity index is 1.64. The Morgan fingerprint density at radius 2 is 2.15 bits per heavy atom. The maximum atomic E-state index is 12.6. The molecule has 1 aromatic rings. The molecule has 110 valence electrons. The molecule has 2 fully saturated rings. The van der Waals surface area contributed by atoms with Crippen molar-refractivity contribution in [3.05, 3.63) is 22.4 Å². The number of hydrogen-bond donors (Lipinski definition) is 1. The fraction of sp³-hybridized carbons (Fsp3) is 0.688. The van der Waals surface area contributed by atoms with Crippen molar-refractivity contribution in [1.29, 1.82) is 0 Å². The number of nitrogens with zero attached hydrogens (tertiary/aromatic N) is 1. The van der Waals surface area contributed by atoms with Gasteiger partial charge in [0.2, 0.25) is 5.91 Å². The van der Waals surface area contributed by atoms with Gasteiger partial charge in [-0.1, -0.05) is 12.8 Å². The highest BCUT2D eigenvalue weighted by molar-refractivity contribution is 7.07. The van der Waals surface area contributed by atoms with Gasteiger partial charge in [0.1, 0.15) is 0 Å². The highest BCUT2D eigenvalue weighted by Gasteiger charge is 2.32. The molecule has 3 unspecified atom stereocenters. The Hall–Kier alpha value is -0.870. The van der Waals surface area contributed by atoms with Crippen molar-refractivity contribution in [2.75, 3.05) is 6.54 Å². The maximum Gasteiger partial charge on any atom is 0.223 e. The zero-order chi connectivity index (χ0) is 13.9. The Morgan fingerprint density at radius 1 is 1.30 bits per heavy atom. The lowest BCUT2D eigenvalue weighted by Gasteiger charge is -2.31. The molecule has 3 nitrogen and oxygen atoms in total. The molecule has 4 heteroatoms. The van der Waals surface area contributed by atoms with Gasteiger partial charge in [0.25, 0.3) is 0 Å². The SMILES string of the molecule is NC1CCCCC1CC(=O)N1CCCC1c1ccsc1. The second-order valence-electron chi connectivity index (χ2n) is 6.21. The van der Waals surface area contributed by atoms with Crippen molar-refractivity contribution in [2.24, 2.45) is 11.7 Å². The minimum absolute atomic E-state index is 0.231. The molecule has 1 saturated carbocycles. The topological polar surface area (TPSA) is 46.3 Å². The van der Waals surface area contributed by atoms with Crippen LogP contribution in [0.3, 0.4) is 0 Å². The first kappa shape index (κ1) is 14.1. The number of carbonyl (C=O) groups excluding carboxylic acids is 1. The molecule has 1 aliphatic heterocycles. The third-order valence-corrected chi connectivity index (χ3v) is 5.61. The van der Waals surface area contributed by atoms with Crippen LogP contribution in [-0.2, 0) is 4.79 Å². The molecule has 20 heavy (non-hydrogen) atoms. The van der Waals surface area contributed by atoms with Gasteiger partial charge in [0, 0.05) is 19.0 Å². The van der Waals surface area contributed by atoms with Crippen LogP contribution in [0.25, 0.3) is 0 Å². The van der Waals surface area contributed by atoms with E-state index in [0.717, 1.165) is 32.2 Å². The average Bonchev–Trinajstić information content (AvgIpc) is 3.11. The Labute approximate surface area is 125 Å². The quantitative estimate of drug-likeness (QED) is 0.929. The highest BCUT2D eigenvalue weighted by atomic mass is 32.1. The zero-order valence-electron chi connectivity index (χ0n) is 12.0. The lowest BCUT2D eigenvalue weighted by Crippen LogP contribution is -2.38. The van der Waals surface area contributed by atoms with E-state index in [1.807, 2.05) is 0 Å². The van der Waals surface area contributed by atoms with Crippen LogP contribution in [0.15, 0.2) is 16.8 Å². The number of carbonyl (C=O) groups is 1. The van der Waals surface area contributed by atoms with Gasteiger partial charge in [0.15, 0.2) is 0 Å². The van der Waals surface area contributed by atoms with Gasteiger partial charge in [0.05, 0.1) is 6.04 Å². The lowest BCUT2D eigenvalue weighted by atomic mass is 9.82. The van der Waals surface area contributed by atoms with E-state index in [0.29, 0.717) is 24.3 Å². The monoisotopic (exact) mass is 292 g/mol. The maximum absolute atomic E-state index is 12.6. The van der Waals surface area contributed by atoms with Gasteiger partial charge in [-0.05, 0) is 54.0 Å². The number of thiophene rings is 1. The van der Waals surface area contributed by atoms with Gasteiger partial charge in [-0.15, -0.1) is 0 Å². The molecule has 2 N–H and O–H groups in total. The minimum Gasteiger partial charge on any atom is -0.336 e. The summed E-state index contributed by atoms with van der Waals surface area (Å²) in [5.41, 5.74) is 7.50. The van der Waals surface area contributed by atoms with Crippen LogP contribution in [-0.4, -0.2) is 23.4 Å². The van der Waals surface area contributed by atoms with E-state index in [9.17, 15) is 4.79 Å². The van der Waals surface area contributed by atoms with Crippen LogP contribution in [0.2, 0.25) is 0 Å². The Bertz CT molecular complexity index is 445. The molecule has 0 bridgehead atoms. The number of amides is 1. The summed E-state index contributed by atoms with van der Waals surface area (Å²) in [6.45, 7) is 0.918. The van der Waals surface area contributed by atoms with Gasteiger partial charge in [-0.25, -0.2) is 0 Å². The summed E-state index contributed by atoms with van der Waals surface area (Å²) in [4.78, 5) is 14.7. The summed E-state index contributed by atoms with van der Waals surface area (Å²) < 4.78 is 0. The summed E-state index contributed by atoms with van der Waals surface area (Å²) in [6, 6.07) is 2.70. The van der Waals surface area contributed by atoms with Crippen LogP contribution in [0.5, 0.6) is 0 Å². The summed E-state index contributed by atoms with van der Waals surface area (Å²) in [7, 11) is 0. The van der Waals surface area contributed by atoms with Crippen molar-refractivity contribution in [2.45, 2.75) is 57.0 Å². The first-order valence-electron chi connectivity index (χ1n) is 7.83. The molecule has 0 radical (unpaired) electrons. The van der Waals surface area contributed by atoms with Crippen molar-refractivity contribution < 1.29 is 4.79 Å². The predicted molar refractivity (Wildman–Crippen MR) is 82.6 cm³/mol. The first-order chi connectivity index (χ1) is 9.75. The molecule has 1 aliphatic carbocycles. The van der Waals surface area contributed by atoms with E-state index in [4.69, 9.17) is 5.73 Å². The van der Waals surface area contributed by atoms with E-state index in [2.05, 4.69) is 21.7 Å². The van der Waals surface area contributed by atoms with E-state index < -0.39 is 0 Å². The van der Waals surface area contributed by atoms with E-state index in [1.165, 1.54) is 18.4 Å². The molecule has 3 rings (SSSR count). The standard InChI is InChI=1S/C16H24N2OS/c17-14-5-2-1-4-12(14)10-16(19)18-8-3-6-15(18)13-7-9-20-11-13/h7,9,11-12,14-15H,1-6,8,10,17H2. The summed E-state index contributed by atoms with van der Waals surface area (Å²) in [6.07, 6.45) is 7.58. The summed E-state index contributed by atoms with van der Waals surface area (Å²) >= 11 is 1.72. The van der Waals surface area contributed by atoms with Crippen molar-refractivity contribution in [3.8, 4) is 0 Å². The van der Waals surface area contributed by atoms with Crippen LogP contribution < -0.4 is 5.73 Å². The fourth-order valence-corrected chi connectivity index (χ4v) is 4.41. The zero-order valence-corrected chi connectivity index (χ0v) is 12.8. The van der Waals surface area contributed by atoms with Gasteiger partial charge in [-0.2, -0.15) is 11.3 Å². The van der Waals surface area contributed by atoms with Crippen LogP contribution in [0.4, 0.5) is 0 Å². The molecular formula is C16H24N2OS. The number of likely N-dealkylation sites (tertiary alicyclic amines) is 1. The molecule has 0 spiro atoms. The molecule has 1 saturated heterocycles. The van der Waals surface area contributed by atoms with Gasteiger partial charge >= 0.3 is 0 Å². The van der Waals surface area contributed by atoms with E-state index in [-0.39, 0.29) is 6.04 Å². The third-order valence-electron chi connectivity index (χ3n) is 4.91. The molecule has 1 amide bonds. The summed E-state index contributed by atoms with van der Waals surface area (Å²) in [5.74, 6) is 0.723. The van der Waals surface area contributed by atoms with E-state index in [1.54, 1.807) is 11.3 Å². The van der Waals surface area contributed by atoms with Crippen molar-refractivity contribution in [1.82, 2.24) is 4.90 Å². The molecule has 2 aliphatic rings. The fourth-order valence-electron chi connectivity index (χ4n) is 3.71. The molecule has 3 atom stereocenters. The molecule has 1 aromatic heterocycles. The number of hydrogen-bond acceptors (Lipinski definition) is 3. The first-order valence-corrected chi connectivity index (χ1v) is 8.77. The molecular weight excluding hydrogens is 268 g/mol. The number of rotatable bonds is 3. The number of nitrogens with two attached hydrogens (primary N) is 1. The summed E-state index contributed by atoms with van der Waals surface area (Å²) in [5, 5.41) is 4.29. The Kier molecular flexibility index (Phi) is 4.41. The second-order valence-corrected chi connectivity index (χ2v) is 6.99. The normalized spacial score (nSPS) is 30.6. The van der Waals surface area contributed by atoms with Crippen LogP contribution >= 0.6 is 11.3 Å². The van der Waals surface area contributed by atoms with Crippen molar-refractivity contribution in [3.63, 3.8) is 0 Å². The lowest BCUT2D eigenvalue weighted by molar-refractivity contribution is -0.133. The third kappa shape index (κ3) is 2.91. The van der Waals surface area contributed by atoms with E-state index >= 15 is 0 Å². The van der Waals surface area contributed by atoms with Gasteiger partial charge in [-0.3, -0.25) is 4.79 Å². The smallest absolute Gasteiger partial charge is 0.223 e. The molecule has 2 heterocycles. The average molecular weight is 292 g/mol. The molecule has 0 aromatic carbocycles. The van der Waals surface area contributed by atoms with Crippen molar-refractivity contribution >= 4 is 17.2 Å². The Morgan fingerprint density at radius 3 is 2.90 bits per heavy atom. The predicted octanol–water partition coefficient (Wildman–Crippen LogP) is 3.32. The largest absolute Gasteiger partial charge is 0.336 e. The highest BCUT2D eigenvalue weighted by Crippen LogP contribution is 2.35. The van der Waals surface area contributed by atoms with Gasteiger partial charge < -0.3 is 10.6 Å². The van der Waals surface area contributed by atoms with Crippen LogP contribution in [0, 0.1) is 5.92 Å². The second kappa shape index (κ2) is 6.27. The minimum atomic E-state index is 0.231. The van der Waals surface area contributed by atoms with Crippen LogP contribution in [0.1, 0.15) is 56.6 Å².